The van der Waals surface area contributed by atoms with Crippen molar-refractivity contribution in [1.29, 1.82) is 0 Å². The largest absolute Gasteiger partial charge is 0.417 e. The molecule has 20 heavy (non-hydrogen) atoms. The number of piperidine rings is 1. The van der Waals surface area contributed by atoms with E-state index >= 15 is 0 Å². The molecule has 1 aliphatic heterocycles. The minimum atomic E-state index is -4.32. The summed E-state index contributed by atoms with van der Waals surface area (Å²) in [5, 5.41) is 3.24. The number of anilines is 1. The van der Waals surface area contributed by atoms with Crippen molar-refractivity contribution in [2.45, 2.75) is 32.0 Å². The summed E-state index contributed by atoms with van der Waals surface area (Å²) in [6, 6.07) is 2.97. The van der Waals surface area contributed by atoms with Crippen LogP contribution in [0.4, 0.5) is 19.0 Å². The number of nitrogens with one attached hydrogen (secondary N) is 1. The number of aromatic nitrogens is 1. The minimum Gasteiger partial charge on any atom is -0.356 e. The molecular formula is C14H20F3N3. The molecule has 2 heterocycles. The third-order valence-corrected chi connectivity index (χ3v) is 4.02. The van der Waals surface area contributed by atoms with Crippen molar-refractivity contribution in [1.82, 2.24) is 10.3 Å². The molecule has 1 aromatic heterocycles. The zero-order valence-corrected chi connectivity index (χ0v) is 11.7. The summed E-state index contributed by atoms with van der Waals surface area (Å²) in [5.41, 5.74) is -0.696. The van der Waals surface area contributed by atoms with E-state index < -0.39 is 11.7 Å². The molecule has 0 amide bonds. The fraction of sp³-hybridized carbons (Fsp3) is 0.643. The van der Waals surface area contributed by atoms with Gasteiger partial charge in [0.25, 0.3) is 0 Å². The van der Waals surface area contributed by atoms with Crippen LogP contribution in [0, 0.1) is 5.92 Å². The molecule has 2 rings (SSSR count). The van der Waals surface area contributed by atoms with Crippen LogP contribution in [-0.4, -0.2) is 31.2 Å². The molecule has 6 heteroatoms. The third kappa shape index (κ3) is 3.42. The van der Waals surface area contributed by atoms with Gasteiger partial charge in [0.05, 0.1) is 5.56 Å². The highest BCUT2D eigenvalue weighted by atomic mass is 19.4. The molecule has 0 bridgehead atoms. The van der Waals surface area contributed by atoms with Gasteiger partial charge in [-0.1, -0.05) is 0 Å². The third-order valence-electron chi connectivity index (χ3n) is 4.02. The lowest BCUT2D eigenvalue weighted by Crippen LogP contribution is -2.43. The second-order valence-electron chi connectivity index (χ2n) is 5.33. The maximum atomic E-state index is 12.5. The normalized spacial score (nSPS) is 21.9. The van der Waals surface area contributed by atoms with Crippen LogP contribution in [0.1, 0.15) is 25.3 Å². The zero-order valence-electron chi connectivity index (χ0n) is 11.7. The quantitative estimate of drug-likeness (QED) is 0.926. The number of hydrogen-bond donors (Lipinski definition) is 1. The summed E-state index contributed by atoms with van der Waals surface area (Å²) < 4.78 is 37.5. The van der Waals surface area contributed by atoms with E-state index in [1.54, 1.807) is 0 Å². The van der Waals surface area contributed by atoms with Crippen molar-refractivity contribution in [3.05, 3.63) is 23.9 Å². The highest BCUT2D eigenvalue weighted by Gasteiger charge is 2.31. The maximum absolute atomic E-state index is 12.5. The molecule has 0 spiro atoms. The van der Waals surface area contributed by atoms with Gasteiger partial charge in [-0.2, -0.15) is 13.2 Å². The van der Waals surface area contributed by atoms with Crippen molar-refractivity contribution in [2.75, 3.05) is 25.0 Å². The maximum Gasteiger partial charge on any atom is 0.417 e. The molecule has 1 N–H and O–H groups in total. The lowest BCUT2D eigenvalue weighted by Gasteiger charge is -2.36. The van der Waals surface area contributed by atoms with Gasteiger partial charge in [0, 0.05) is 25.3 Å². The molecule has 1 fully saturated rings. The first kappa shape index (κ1) is 15.1. The molecule has 1 saturated heterocycles. The van der Waals surface area contributed by atoms with Crippen LogP contribution in [0.25, 0.3) is 0 Å². The van der Waals surface area contributed by atoms with Gasteiger partial charge in [-0.3, -0.25) is 0 Å². The lowest BCUT2D eigenvalue weighted by atomic mass is 9.91. The fourth-order valence-electron chi connectivity index (χ4n) is 2.60. The molecule has 3 nitrogen and oxygen atoms in total. The van der Waals surface area contributed by atoms with Crippen molar-refractivity contribution in [3.8, 4) is 0 Å². The predicted molar refractivity (Wildman–Crippen MR) is 72.7 cm³/mol. The number of nitrogens with zero attached hydrogens (tertiary/aromatic N) is 2. The monoisotopic (exact) mass is 287 g/mol. The van der Waals surface area contributed by atoms with E-state index in [2.05, 4.69) is 22.1 Å². The van der Waals surface area contributed by atoms with Crippen molar-refractivity contribution < 1.29 is 13.2 Å². The lowest BCUT2D eigenvalue weighted by molar-refractivity contribution is -0.137. The Morgan fingerprint density at radius 3 is 2.70 bits per heavy atom. The summed E-state index contributed by atoms with van der Waals surface area (Å²) in [4.78, 5) is 6.05. The van der Waals surface area contributed by atoms with Crippen LogP contribution < -0.4 is 10.2 Å². The van der Waals surface area contributed by atoms with Crippen molar-refractivity contribution >= 4 is 5.82 Å². The summed E-state index contributed by atoms with van der Waals surface area (Å²) >= 11 is 0. The molecule has 2 atom stereocenters. The van der Waals surface area contributed by atoms with Gasteiger partial charge >= 0.3 is 6.18 Å². The van der Waals surface area contributed by atoms with Crippen LogP contribution in [0.2, 0.25) is 0 Å². The Morgan fingerprint density at radius 2 is 2.15 bits per heavy atom. The number of halogens is 3. The smallest absolute Gasteiger partial charge is 0.356 e. The summed E-state index contributed by atoms with van der Waals surface area (Å²) in [7, 11) is 1.93. The van der Waals surface area contributed by atoms with E-state index in [9.17, 15) is 13.2 Å². The van der Waals surface area contributed by atoms with Crippen LogP contribution in [0.15, 0.2) is 18.3 Å². The summed E-state index contributed by atoms with van der Waals surface area (Å²) in [5.74, 6) is 1.13. The molecule has 2 unspecified atom stereocenters. The number of rotatable bonds is 3. The summed E-state index contributed by atoms with van der Waals surface area (Å²) in [6.45, 7) is 3.82. The standard InChI is InChI=1S/C14H20F3N3/c1-10(18-2)11-4-3-7-20(9-11)13-6-5-12(8-19-13)14(15,16)17/h5-6,8,10-11,18H,3-4,7,9H2,1-2H3. The van der Waals surface area contributed by atoms with Gasteiger partial charge in [0.15, 0.2) is 0 Å². The first-order valence-electron chi connectivity index (χ1n) is 6.87. The second-order valence-corrected chi connectivity index (χ2v) is 5.33. The average molecular weight is 287 g/mol. The van der Waals surface area contributed by atoms with E-state index in [0.29, 0.717) is 17.8 Å². The molecule has 112 valence electrons. The molecule has 1 aliphatic rings. The molecular weight excluding hydrogens is 267 g/mol. The Labute approximate surface area is 117 Å². The zero-order chi connectivity index (χ0) is 14.8. The molecule has 0 saturated carbocycles. The summed E-state index contributed by atoms with van der Waals surface area (Å²) in [6.07, 6.45) is -1.23. The van der Waals surface area contributed by atoms with Crippen LogP contribution in [0.3, 0.4) is 0 Å². The fourth-order valence-corrected chi connectivity index (χ4v) is 2.60. The van der Waals surface area contributed by atoms with Gasteiger partial charge in [0.1, 0.15) is 5.82 Å². The van der Waals surface area contributed by atoms with Crippen LogP contribution >= 0.6 is 0 Å². The first-order chi connectivity index (χ1) is 9.41. The number of alkyl halides is 3. The highest BCUT2D eigenvalue weighted by molar-refractivity contribution is 5.40. The Kier molecular flexibility index (Phi) is 4.52. The van der Waals surface area contributed by atoms with Gasteiger partial charge < -0.3 is 10.2 Å². The van der Waals surface area contributed by atoms with Gasteiger partial charge in [0.2, 0.25) is 0 Å². The molecule has 1 aromatic rings. The Morgan fingerprint density at radius 1 is 1.40 bits per heavy atom. The Bertz CT molecular complexity index is 430. The Balaban J connectivity index is 2.07. The van der Waals surface area contributed by atoms with E-state index in [-0.39, 0.29) is 0 Å². The van der Waals surface area contributed by atoms with Crippen molar-refractivity contribution in [2.24, 2.45) is 5.92 Å². The number of pyridine rings is 1. The van der Waals surface area contributed by atoms with Gasteiger partial charge in [-0.15, -0.1) is 0 Å². The highest BCUT2D eigenvalue weighted by Crippen LogP contribution is 2.30. The Hall–Kier alpha value is -1.30. The first-order valence-corrected chi connectivity index (χ1v) is 6.87. The van der Waals surface area contributed by atoms with Crippen LogP contribution in [-0.2, 0) is 6.18 Å². The van der Waals surface area contributed by atoms with E-state index in [0.717, 1.165) is 38.2 Å². The van der Waals surface area contributed by atoms with Crippen LogP contribution in [0.5, 0.6) is 0 Å². The molecule has 0 aliphatic carbocycles. The topological polar surface area (TPSA) is 28.2 Å². The SMILES string of the molecule is CNC(C)C1CCCN(c2ccc(C(F)(F)F)cn2)C1. The molecule has 0 radical (unpaired) electrons. The molecule has 0 aromatic carbocycles. The minimum absolute atomic E-state index is 0.396. The predicted octanol–water partition coefficient (Wildman–Crippen LogP) is 2.92. The second kappa shape index (κ2) is 5.99. The average Bonchev–Trinajstić information content (AvgIpc) is 2.46. The van der Waals surface area contributed by atoms with Gasteiger partial charge in [-0.05, 0) is 44.9 Å². The van der Waals surface area contributed by atoms with E-state index in [1.807, 2.05) is 7.05 Å². The number of hydrogen-bond acceptors (Lipinski definition) is 3. The van der Waals surface area contributed by atoms with Gasteiger partial charge in [-0.25, -0.2) is 4.98 Å². The van der Waals surface area contributed by atoms with Crippen molar-refractivity contribution in [3.63, 3.8) is 0 Å². The van der Waals surface area contributed by atoms with E-state index in [4.69, 9.17) is 0 Å². The van der Waals surface area contributed by atoms with E-state index in [1.165, 1.54) is 6.07 Å².